The largest absolute Gasteiger partial charge is 0.481 e. The molecule has 0 fully saturated rings. The van der Waals surface area contributed by atoms with Crippen LogP contribution >= 0.6 is 45.8 Å². The standard InChI is InChI=1S/C27H23Cl2IN2O4/c1-16(17-4-8-19(28)9-5-17)32-25(18-6-10-20(29)11-7-18)27(36)31(14-2-3-24(33)34)23-13-12-21(30)15-22(23)26(32)35/h4-13,15-16,25H,2-3,14H2,1H3,(H,33,34). The van der Waals surface area contributed by atoms with Gasteiger partial charge in [0.25, 0.3) is 11.8 Å². The van der Waals surface area contributed by atoms with Crippen molar-refractivity contribution in [3.8, 4) is 0 Å². The van der Waals surface area contributed by atoms with E-state index in [1.807, 2.05) is 25.1 Å². The van der Waals surface area contributed by atoms with Gasteiger partial charge in [-0.3, -0.25) is 14.4 Å². The fourth-order valence-electron chi connectivity index (χ4n) is 4.43. The number of anilines is 1. The summed E-state index contributed by atoms with van der Waals surface area (Å²) in [6, 6.07) is 18.0. The Morgan fingerprint density at radius 2 is 1.61 bits per heavy atom. The summed E-state index contributed by atoms with van der Waals surface area (Å²) in [4.78, 5) is 42.7. The Morgan fingerprint density at radius 1 is 1.00 bits per heavy atom. The van der Waals surface area contributed by atoms with Crippen LogP contribution < -0.4 is 4.90 Å². The van der Waals surface area contributed by atoms with Crippen molar-refractivity contribution >= 4 is 69.3 Å². The van der Waals surface area contributed by atoms with Gasteiger partial charge in [0, 0.05) is 26.6 Å². The van der Waals surface area contributed by atoms with Gasteiger partial charge in [0.1, 0.15) is 6.04 Å². The van der Waals surface area contributed by atoms with Gasteiger partial charge in [-0.15, -0.1) is 0 Å². The first-order valence-corrected chi connectivity index (χ1v) is 13.2. The van der Waals surface area contributed by atoms with Gasteiger partial charge in [0.2, 0.25) is 0 Å². The first-order valence-electron chi connectivity index (χ1n) is 11.3. The van der Waals surface area contributed by atoms with E-state index >= 15 is 0 Å². The number of amides is 2. The molecule has 2 amide bonds. The molecule has 0 saturated carbocycles. The number of hydrogen-bond donors (Lipinski definition) is 1. The zero-order valence-electron chi connectivity index (χ0n) is 19.3. The molecule has 3 aromatic rings. The first kappa shape index (κ1) is 26.4. The van der Waals surface area contributed by atoms with Gasteiger partial charge in [0.05, 0.1) is 17.3 Å². The normalized spacial score (nSPS) is 16.5. The summed E-state index contributed by atoms with van der Waals surface area (Å²) in [7, 11) is 0. The number of fused-ring (bicyclic) bond motifs is 1. The summed E-state index contributed by atoms with van der Waals surface area (Å²) in [6.07, 6.45) is 0.161. The van der Waals surface area contributed by atoms with Crippen LogP contribution in [0.2, 0.25) is 10.0 Å². The van der Waals surface area contributed by atoms with Crippen molar-refractivity contribution in [2.24, 2.45) is 0 Å². The van der Waals surface area contributed by atoms with Crippen LogP contribution in [-0.2, 0) is 9.59 Å². The summed E-state index contributed by atoms with van der Waals surface area (Å²) in [5.41, 5.74) is 2.30. The average molecular weight is 637 g/mol. The number of hydrogen-bond acceptors (Lipinski definition) is 3. The smallest absolute Gasteiger partial charge is 0.303 e. The summed E-state index contributed by atoms with van der Waals surface area (Å²) in [6.45, 7) is 2.05. The van der Waals surface area contributed by atoms with Crippen LogP contribution in [0.25, 0.3) is 0 Å². The lowest BCUT2D eigenvalue weighted by atomic mass is 9.98. The second-order valence-corrected chi connectivity index (χ2v) is 10.7. The zero-order valence-corrected chi connectivity index (χ0v) is 23.0. The first-order chi connectivity index (χ1) is 17.2. The molecule has 0 radical (unpaired) electrons. The Labute approximate surface area is 232 Å². The topological polar surface area (TPSA) is 77.9 Å². The van der Waals surface area contributed by atoms with Crippen molar-refractivity contribution in [2.75, 3.05) is 11.4 Å². The van der Waals surface area contributed by atoms with Crippen LogP contribution in [0.4, 0.5) is 5.69 Å². The quantitative estimate of drug-likeness (QED) is 0.291. The molecule has 0 saturated heterocycles. The van der Waals surface area contributed by atoms with Crippen molar-refractivity contribution in [3.05, 3.63) is 97.0 Å². The number of benzene rings is 3. The molecular formula is C27H23Cl2IN2O4. The molecule has 4 rings (SSSR count). The molecule has 3 aromatic carbocycles. The van der Waals surface area contributed by atoms with Gasteiger partial charge in [-0.2, -0.15) is 0 Å². The molecule has 9 heteroatoms. The number of rotatable bonds is 7. The molecule has 186 valence electrons. The Kier molecular flexibility index (Phi) is 8.22. The van der Waals surface area contributed by atoms with Gasteiger partial charge in [-0.05, 0) is 89.5 Å². The number of nitrogens with zero attached hydrogens (tertiary/aromatic N) is 2. The van der Waals surface area contributed by atoms with Gasteiger partial charge >= 0.3 is 5.97 Å². The Morgan fingerprint density at radius 3 is 2.22 bits per heavy atom. The minimum atomic E-state index is -0.949. The lowest BCUT2D eigenvalue weighted by Gasteiger charge is -2.36. The van der Waals surface area contributed by atoms with Crippen molar-refractivity contribution in [1.82, 2.24) is 4.90 Å². The van der Waals surface area contributed by atoms with E-state index in [1.54, 1.807) is 58.3 Å². The Balaban J connectivity index is 1.89. The highest BCUT2D eigenvalue weighted by Gasteiger charge is 2.42. The molecule has 1 N–H and O–H groups in total. The predicted octanol–water partition coefficient (Wildman–Crippen LogP) is 6.75. The molecule has 2 atom stereocenters. The number of carbonyl (C=O) groups is 3. The van der Waals surface area contributed by atoms with E-state index < -0.39 is 18.1 Å². The fourth-order valence-corrected chi connectivity index (χ4v) is 5.17. The maximum atomic E-state index is 14.2. The monoisotopic (exact) mass is 636 g/mol. The number of carboxylic acid groups (broad SMARTS) is 1. The minimum absolute atomic E-state index is 0.0894. The minimum Gasteiger partial charge on any atom is -0.481 e. The number of aliphatic carboxylic acids is 1. The van der Waals surface area contributed by atoms with E-state index in [1.165, 1.54) is 0 Å². The van der Waals surface area contributed by atoms with Crippen molar-refractivity contribution in [2.45, 2.75) is 31.8 Å². The average Bonchev–Trinajstić information content (AvgIpc) is 2.93. The molecule has 1 heterocycles. The molecule has 1 aliphatic heterocycles. The SMILES string of the molecule is CC(c1ccc(Cl)cc1)N1C(=O)c2cc(I)ccc2N(CCCC(=O)O)C(=O)C1c1ccc(Cl)cc1. The van der Waals surface area contributed by atoms with Crippen molar-refractivity contribution < 1.29 is 19.5 Å². The Bertz CT molecular complexity index is 1300. The van der Waals surface area contributed by atoms with Gasteiger partial charge in [0.15, 0.2) is 0 Å². The molecule has 0 spiro atoms. The zero-order chi connectivity index (χ0) is 26.0. The fraction of sp³-hybridized carbons (Fsp3) is 0.222. The highest BCUT2D eigenvalue weighted by molar-refractivity contribution is 14.1. The third-order valence-electron chi connectivity index (χ3n) is 6.22. The summed E-state index contributed by atoms with van der Waals surface area (Å²) in [5, 5.41) is 10.3. The lowest BCUT2D eigenvalue weighted by Crippen LogP contribution is -2.44. The van der Waals surface area contributed by atoms with E-state index in [0.29, 0.717) is 26.9 Å². The summed E-state index contributed by atoms with van der Waals surface area (Å²) < 4.78 is 0.849. The molecule has 0 aliphatic carbocycles. The van der Waals surface area contributed by atoms with Crippen LogP contribution in [-0.4, -0.2) is 34.3 Å². The highest BCUT2D eigenvalue weighted by atomic mass is 127. The van der Waals surface area contributed by atoms with Gasteiger partial charge in [-0.1, -0.05) is 47.5 Å². The van der Waals surface area contributed by atoms with E-state index in [2.05, 4.69) is 22.6 Å². The van der Waals surface area contributed by atoms with Crippen LogP contribution in [0.1, 0.15) is 53.3 Å². The molecule has 36 heavy (non-hydrogen) atoms. The van der Waals surface area contributed by atoms with E-state index in [9.17, 15) is 14.4 Å². The second kappa shape index (κ2) is 11.2. The van der Waals surface area contributed by atoms with E-state index in [0.717, 1.165) is 9.13 Å². The van der Waals surface area contributed by atoms with E-state index in [-0.39, 0.29) is 31.2 Å². The van der Waals surface area contributed by atoms with Gasteiger partial charge in [-0.25, -0.2) is 0 Å². The van der Waals surface area contributed by atoms with Crippen LogP contribution in [0.5, 0.6) is 0 Å². The van der Waals surface area contributed by atoms with Crippen LogP contribution in [0.3, 0.4) is 0 Å². The maximum absolute atomic E-state index is 14.2. The summed E-state index contributed by atoms with van der Waals surface area (Å²) >= 11 is 14.4. The van der Waals surface area contributed by atoms with Crippen molar-refractivity contribution in [1.29, 1.82) is 0 Å². The third kappa shape index (κ3) is 5.53. The van der Waals surface area contributed by atoms with Crippen LogP contribution in [0.15, 0.2) is 66.7 Å². The molecule has 6 nitrogen and oxygen atoms in total. The highest BCUT2D eigenvalue weighted by Crippen LogP contribution is 2.40. The third-order valence-corrected chi connectivity index (χ3v) is 7.40. The van der Waals surface area contributed by atoms with Crippen molar-refractivity contribution in [3.63, 3.8) is 0 Å². The predicted molar refractivity (Wildman–Crippen MR) is 149 cm³/mol. The number of halogens is 3. The van der Waals surface area contributed by atoms with E-state index in [4.69, 9.17) is 28.3 Å². The van der Waals surface area contributed by atoms with Gasteiger partial charge < -0.3 is 14.9 Å². The molecule has 0 aromatic heterocycles. The summed E-state index contributed by atoms with van der Waals surface area (Å²) in [5.74, 6) is -1.54. The lowest BCUT2D eigenvalue weighted by molar-refractivity contribution is -0.137. The second-order valence-electron chi connectivity index (χ2n) is 8.54. The Hall–Kier alpha value is -2.62. The number of carbonyl (C=O) groups excluding carboxylic acids is 2. The van der Waals surface area contributed by atoms with Crippen LogP contribution in [0, 0.1) is 3.57 Å². The molecule has 2 unspecified atom stereocenters. The molecule has 1 aliphatic rings. The molecular weight excluding hydrogens is 614 g/mol. The number of carboxylic acids is 1. The maximum Gasteiger partial charge on any atom is 0.303 e. The molecule has 0 bridgehead atoms.